The first kappa shape index (κ1) is 21.2. The average Bonchev–Trinajstić information content (AvgIpc) is 3.50. The van der Waals surface area contributed by atoms with Crippen molar-refractivity contribution in [2.24, 2.45) is 0 Å². The minimum Gasteiger partial charge on any atom is -0.378 e. The molecule has 0 aliphatic carbocycles. The Labute approximate surface area is 192 Å². The monoisotopic (exact) mass is 445 g/mol. The van der Waals surface area contributed by atoms with E-state index in [-0.39, 0.29) is 0 Å². The molecule has 0 N–H and O–H groups in total. The number of fused-ring (bicyclic) bond motifs is 1. The van der Waals surface area contributed by atoms with Crippen molar-refractivity contribution in [3.8, 4) is 17.1 Å². The molecule has 4 heterocycles. The number of anilines is 1. The van der Waals surface area contributed by atoms with Crippen LogP contribution in [0.5, 0.6) is 0 Å². The number of benzene rings is 1. The van der Waals surface area contributed by atoms with Gasteiger partial charge in [-0.3, -0.25) is 9.90 Å². The van der Waals surface area contributed by atoms with Gasteiger partial charge in [0.05, 0.1) is 31.7 Å². The topological polar surface area (TPSA) is 73.0 Å². The molecule has 4 aromatic rings. The SMILES string of the molecule is C=C(c1cc2nc(-n3ccc(-c4cccc(C)c4)n3)cc(N3CCOCC3)n2n1)N(C)OC. The Hall–Kier alpha value is -3.69. The summed E-state index contributed by atoms with van der Waals surface area (Å²) in [5.74, 6) is 1.66. The molecule has 33 heavy (non-hydrogen) atoms. The largest absolute Gasteiger partial charge is 0.378 e. The summed E-state index contributed by atoms with van der Waals surface area (Å²) in [7, 11) is 3.39. The van der Waals surface area contributed by atoms with Gasteiger partial charge in [0.1, 0.15) is 11.5 Å². The Bertz CT molecular complexity index is 1300. The van der Waals surface area contributed by atoms with E-state index in [1.807, 2.05) is 39.7 Å². The molecule has 1 fully saturated rings. The van der Waals surface area contributed by atoms with Gasteiger partial charge >= 0.3 is 0 Å². The van der Waals surface area contributed by atoms with E-state index in [4.69, 9.17) is 24.8 Å². The lowest BCUT2D eigenvalue weighted by atomic mass is 10.1. The van der Waals surface area contributed by atoms with E-state index in [1.165, 1.54) is 5.56 Å². The maximum atomic E-state index is 5.56. The van der Waals surface area contributed by atoms with Crippen LogP contribution in [0.1, 0.15) is 11.3 Å². The molecule has 0 saturated carbocycles. The molecule has 9 heteroatoms. The van der Waals surface area contributed by atoms with Crippen LogP contribution in [0.15, 0.2) is 55.2 Å². The molecule has 1 aliphatic rings. The molecule has 1 aliphatic heterocycles. The summed E-state index contributed by atoms with van der Waals surface area (Å²) in [4.78, 5) is 12.4. The summed E-state index contributed by atoms with van der Waals surface area (Å²) in [6.45, 7) is 9.08. The van der Waals surface area contributed by atoms with Crippen LogP contribution in [0, 0.1) is 6.92 Å². The smallest absolute Gasteiger partial charge is 0.160 e. The fraction of sp³-hybridized carbons (Fsp3) is 0.292. The molecule has 170 valence electrons. The molecule has 5 rings (SSSR count). The summed E-state index contributed by atoms with van der Waals surface area (Å²) in [6.07, 6.45) is 1.94. The Morgan fingerprint density at radius 1 is 1.12 bits per heavy atom. The molecular weight excluding hydrogens is 418 g/mol. The fourth-order valence-electron chi connectivity index (χ4n) is 3.90. The number of aromatic nitrogens is 5. The highest BCUT2D eigenvalue weighted by Gasteiger charge is 2.20. The van der Waals surface area contributed by atoms with Crippen molar-refractivity contribution in [1.29, 1.82) is 0 Å². The standard InChI is InChI=1S/C24H27N7O2/c1-17-6-5-7-19(14-17)20-8-9-30(26-20)22-16-24(29-10-12-33-13-11-29)31-23(25-22)15-21(27-31)18(2)28(3)32-4/h5-9,14-16H,2,10-13H2,1,3-4H3. The molecule has 0 spiro atoms. The van der Waals surface area contributed by atoms with Gasteiger partial charge in [0.15, 0.2) is 11.5 Å². The second-order valence-corrected chi connectivity index (χ2v) is 8.01. The maximum absolute atomic E-state index is 5.56. The van der Waals surface area contributed by atoms with Crippen LogP contribution in [0.25, 0.3) is 28.4 Å². The third-order valence-corrected chi connectivity index (χ3v) is 5.82. The lowest BCUT2D eigenvalue weighted by Gasteiger charge is -2.29. The lowest BCUT2D eigenvalue weighted by molar-refractivity contribution is -0.0527. The van der Waals surface area contributed by atoms with E-state index in [9.17, 15) is 0 Å². The zero-order valence-electron chi connectivity index (χ0n) is 19.1. The minimum absolute atomic E-state index is 0.651. The molecule has 1 saturated heterocycles. The third-order valence-electron chi connectivity index (χ3n) is 5.82. The third kappa shape index (κ3) is 4.08. The van der Waals surface area contributed by atoms with Crippen molar-refractivity contribution in [1.82, 2.24) is 29.4 Å². The molecule has 0 atom stereocenters. The number of morpholine rings is 1. The molecule has 1 aromatic carbocycles. The van der Waals surface area contributed by atoms with Crippen molar-refractivity contribution >= 4 is 17.2 Å². The average molecular weight is 446 g/mol. The summed E-state index contributed by atoms with van der Waals surface area (Å²) in [5, 5.41) is 11.2. The van der Waals surface area contributed by atoms with Gasteiger partial charge in [0.2, 0.25) is 0 Å². The minimum atomic E-state index is 0.651. The number of hydrogen-bond acceptors (Lipinski definition) is 7. The van der Waals surface area contributed by atoms with Gasteiger partial charge in [-0.15, -0.1) is 0 Å². The highest BCUT2D eigenvalue weighted by Crippen LogP contribution is 2.25. The van der Waals surface area contributed by atoms with Crippen LogP contribution in [0.3, 0.4) is 0 Å². The van der Waals surface area contributed by atoms with Gasteiger partial charge in [0, 0.05) is 44.0 Å². The number of nitrogens with zero attached hydrogens (tertiary/aromatic N) is 7. The van der Waals surface area contributed by atoms with E-state index in [1.54, 1.807) is 19.2 Å². The van der Waals surface area contributed by atoms with Crippen LogP contribution < -0.4 is 4.90 Å². The van der Waals surface area contributed by atoms with E-state index in [0.717, 1.165) is 36.0 Å². The zero-order valence-corrected chi connectivity index (χ0v) is 19.1. The van der Waals surface area contributed by atoms with E-state index in [0.29, 0.717) is 30.3 Å². The lowest BCUT2D eigenvalue weighted by Crippen LogP contribution is -2.37. The van der Waals surface area contributed by atoms with Crippen molar-refractivity contribution in [3.63, 3.8) is 0 Å². The Morgan fingerprint density at radius 3 is 2.70 bits per heavy atom. The van der Waals surface area contributed by atoms with Crippen LogP contribution in [-0.2, 0) is 9.57 Å². The highest BCUT2D eigenvalue weighted by molar-refractivity contribution is 5.65. The molecule has 0 bridgehead atoms. The Morgan fingerprint density at radius 2 is 1.94 bits per heavy atom. The van der Waals surface area contributed by atoms with Gasteiger partial charge in [0.25, 0.3) is 0 Å². The molecule has 0 radical (unpaired) electrons. The van der Waals surface area contributed by atoms with Crippen LogP contribution >= 0.6 is 0 Å². The van der Waals surface area contributed by atoms with Crippen molar-refractivity contribution in [2.75, 3.05) is 45.4 Å². The Kier molecular flexibility index (Phi) is 5.57. The predicted molar refractivity (Wildman–Crippen MR) is 127 cm³/mol. The number of hydroxylamine groups is 2. The van der Waals surface area contributed by atoms with Crippen LogP contribution in [0.4, 0.5) is 5.82 Å². The van der Waals surface area contributed by atoms with E-state index in [2.05, 4.69) is 36.6 Å². The van der Waals surface area contributed by atoms with E-state index < -0.39 is 0 Å². The number of rotatable bonds is 6. The van der Waals surface area contributed by atoms with Gasteiger partial charge in [-0.25, -0.2) is 9.67 Å². The van der Waals surface area contributed by atoms with Gasteiger partial charge in [-0.05, 0) is 19.1 Å². The zero-order chi connectivity index (χ0) is 22.9. The second kappa shape index (κ2) is 8.68. The molecule has 3 aromatic heterocycles. The van der Waals surface area contributed by atoms with Gasteiger partial charge < -0.3 is 9.64 Å². The molecule has 0 amide bonds. The predicted octanol–water partition coefficient (Wildman–Crippen LogP) is 3.19. The molecule has 9 nitrogen and oxygen atoms in total. The quantitative estimate of drug-likeness (QED) is 0.422. The first-order chi connectivity index (χ1) is 16.0. The number of ether oxygens (including phenoxy) is 1. The normalized spacial score (nSPS) is 14.1. The highest BCUT2D eigenvalue weighted by atomic mass is 16.7. The summed E-state index contributed by atoms with van der Waals surface area (Å²) in [6, 6.07) is 14.3. The summed E-state index contributed by atoms with van der Waals surface area (Å²) >= 11 is 0. The van der Waals surface area contributed by atoms with Gasteiger partial charge in [-0.2, -0.15) is 14.7 Å². The number of hydrogen-bond donors (Lipinski definition) is 0. The first-order valence-electron chi connectivity index (χ1n) is 10.9. The van der Waals surface area contributed by atoms with Crippen molar-refractivity contribution in [2.45, 2.75) is 6.92 Å². The Balaban J connectivity index is 1.60. The molecular formula is C24H27N7O2. The van der Waals surface area contributed by atoms with Crippen molar-refractivity contribution in [3.05, 3.63) is 66.5 Å². The van der Waals surface area contributed by atoms with Crippen LogP contribution in [0.2, 0.25) is 0 Å². The summed E-state index contributed by atoms with van der Waals surface area (Å²) in [5.41, 5.74) is 5.23. The van der Waals surface area contributed by atoms with Crippen molar-refractivity contribution < 1.29 is 9.57 Å². The molecule has 0 unspecified atom stereocenters. The second-order valence-electron chi connectivity index (χ2n) is 8.01. The van der Waals surface area contributed by atoms with Gasteiger partial charge in [-0.1, -0.05) is 30.3 Å². The fourth-order valence-corrected chi connectivity index (χ4v) is 3.90. The van der Waals surface area contributed by atoms with Crippen LogP contribution in [-0.4, -0.2) is 69.9 Å². The summed E-state index contributed by atoms with van der Waals surface area (Å²) < 4.78 is 9.22. The first-order valence-corrected chi connectivity index (χ1v) is 10.9. The number of aryl methyl sites for hydroxylation is 1. The van der Waals surface area contributed by atoms with E-state index >= 15 is 0 Å². The maximum Gasteiger partial charge on any atom is 0.160 e.